The molecular formula is C21H22FN5O3. The Bertz CT molecular complexity index is 1010. The van der Waals surface area contributed by atoms with E-state index in [1.165, 1.54) is 24.3 Å². The third kappa shape index (κ3) is 4.30. The average molecular weight is 411 g/mol. The zero-order valence-corrected chi connectivity index (χ0v) is 16.6. The highest BCUT2D eigenvalue weighted by Crippen LogP contribution is 2.27. The van der Waals surface area contributed by atoms with Crippen LogP contribution in [0.1, 0.15) is 25.3 Å². The maximum atomic E-state index is 13.2. The predicted molar refractivity (Wildman–Crippen MR) is 110 cm³/mol. The molecule has 0 saturated carbocycles. The van der Waals surface area contributed by atoms with Crippen molar-refractivity contribution in [3.63, 3.8) is 0 Å². The molecule has 8 nitrogen and oxygen atoms in total. The van der Waals surface area contributed by atoms with E-state index in [2.05, 4.69) is 20.0 Å². The van der Waals surface area contributed by atoms with Crippen LogP contribution >= 0.6 is 0 Å². The molecule has 1 unspecified atom stereocenters. The van der Waals surface area contributed by atoms with Crippen LogP contribution in [0.2, 0.25) is 0 Å². The molecule has 1 saturated heterocycles. The molecule has 9 heteroatoms. The second-order valence-electron chi connectivity index (χ2n) is 7.28. The topological polar surface area (TPSA) is 88.5 Å². The molecule has 0 aliphatic carbocycles. The first-order valence-corrected chi connectivity index (χ1v) is 9.84. The lowest BCUT2D eigenvalue weighted by Gasteiger charge is -2.26. The van der Waals surface area contributed by atoms with Crippen LogP contribution in [0, 0.1) is 15.9 Å². The van der Waals surface area contributed by atoms with Crippen LogP contribution < -0.4 is 4.90 Å². The van der Waals surface area contributed by atoms with E-state index in [0.717, 1.165) is 38.3 Å². The molecule has 30 heavy (non-hydrogen) atoms. The first-order chi connectivity index (χ1) is 14.5. The van der Waals surface area contributed by atoms with Crippen molar-refractivity contribution in [1.82, 2.24) is 15.1 Å². The molecule has 1 aliphatic rings. The molecule has 4 rings (SSSR count). The van der Waals surface area contributed by atoms with Crippen molar-refractivity contribution in [3.05, 3.63) is 70.4 Å². The number of anilines is 1. The summed E-state index contributed by atoms with van der Waals surface area (Å²) in [5.74, 6) is 0.622. The molecular weight excluding hydrogens is 389 g/mol. The molecule has 0 radical (unpaired) electrons. The first-order valence-electron chi connectivity index (χ1n) is 9.84. The van der Waals surface area contributed by atoms with Gasteiger partial charge in [-0.1, -0.05) is 0 Å². The minimum atomic E-state index is -0.445. The third-order valence-corrected chi connectivity index (χ3v) is 5.39. The fraction of sp³-hybridized carbons (Fsp3) is 0.333. The van der Waals surface area contributed by atoms with Gasteiger partial charge in [0.05, 0.1) is 11.0 Å². The lowest BCUT2D eigenvalue weighted by molar-refractivity contribution is -0.384. The lowest BCUT2D eigenvalue weighted by Crippen LogP contribution is -2.32. The van der Waals surface area contributed by atoms with Gasteiger partial charge in [0.15, 0.2) is 0 Å². The Balaban J connectivity index is 1.42. The highest BCUT2D eigenvalue weighted by atomic mass is 19.1. The quantitative estimate of drug-likeness (QED) is 0.462. The fourth-order valence-electron chi connectivity index (χ4n) is 3.64. The standard InChI is InChI=1S/C21H22FN5O3/c1-15(20-23-24-21(30-20)16-3-7-19(8-4-16)27(28)29)25-11-2-12-26(14-13-25)18-9-5-17(22)6-10-18/h3-10,15H,2,11-14H2,1H3. The number of benzene rings is 2. The van der Waals surface area contributed by atoms with Crippen LogP contribution in [0.25, 0.3) is 11.5 Å². The Kier molecular flexibility index (Phi) is 5.71. The number of hydrogen-bond acceptors (Lipinski definition) is 7. The van der Waals surface area contributed by atoms with Gasteiger partial charge in [-0.3, -0.25) is 15.0 Å². The Morgan fingerprint density at radius 2 is 1.77 bits per heavy atom. The summed E-state index contributed by atoms with van der Waals surface area (Å²) < 4.78 is 19.1. The summed E-state index contributed by atoms with van der Waals surface area (Å²) in [6, 6.07) is 12.6. The normalized spacial score (nSPS) is 16.3. The van der Waals surface area contributed by atoms with Gasteiger partial charge in [0, 0.05) is 49.6 Å². The summed E-state index contributed by atoms with van der Waals surface area (Å²) in [5.41, 5.74) is 1.68. The highest BCUT2D eigenvalue weighted by molar-refractivity contribution is 5.55. The second-order valence-corrected chi connectivity index (χ2v) is 7.28. The monoisotopic (exact) mass is 411 g/mol. The minimum absolute atomic E-state index is 0.0159. The van der Waals surface area contributed by atoms with Gasteiger partial charge in [-0.15, -0.1) is 10.2 Å². The summed E-state index contributed by atoms with van der Waals surface area (Å²) in [5, 5.41) is 19.1. The van der Waals surface area contributed by atoms with Crippen molar-refractivity contribution in [1.29, 1.82) is 0 Å². The van der Waals surface area contributed by atoms with E-state index >= 15 is 0 Å². The number of nitro benzene ring substituents is 1. The Labute approximate surface area is 173 Å². The van der Waals surface area contributed by atoms with Crippen molar-refractivity contribution in [2.45, 2.75) is 19.4 Å². The molecule has 156 valence electrons. The van der Waals surface area contributed by atoms with E-state index in [4.69, 9.17) is 4.42 Å². The van der Waals surface area contributed by atoms with E-state index in [0.29, 0.717) is 17.3 Å². The smallest absolute Gasteiger partial charge is 0.269 e. The van der Waals surface area contributed by atoms with E-state index in [9.17, 15) is 14.5 Å². The molecule has 0 amide bonds. The Morgan fingerprint density at radius 1 is 1.03 bits per heavy atom. The number of rotatable bonds is 5. The molecule has 1 aromatic heterocycles. The number of nitro groups is 1. The van der Waals surface area contributed by atoms with E-state index in [1.807, 2.05) is 19.1 Å². The Morgan fingerprint density at radius 3 is 2.47 bits per heavy atom. The number of aromatic nitrogens is 2. The fourth-order valence-corrected chi connectivity index (χ4v) is 3.64. The van der Waals surface area contributed by atoms with Crippen molar-refractivity contribution in [2.24, 2.45) is 0 Å². The van der Waals surface area contributed by atoms with Gasteiger partial charge in [-0.05, 0) is 49.7 Å². The molecule has 3 aromatic rings. The maximum Gasteiger partial charge on any atom is 0.269 e. The summed E-state index contributed by atoms with van der Waals surface area (Å²) in [6.07, 6.45) is 0.963. The molecule has 2 heterocycles. The molecule has 1 atom stereocenters. The Hall–Kier alpha value is -3.33. The van der Waals surface area contributed by atoms with Gasteiger partial charge in [0.1, 0.15) is 5.82 Å². The highest BCUT2D eigenvalue weighted by Gasteiger charge is 2.24. The molecule has 1 aliphatic heterocycles. The predicted octanol–water partition coefficient (Wildman–Crippen LogP) is 4.06. The van der Waals surface area contributed by atoms with Crippen LogP contribution in [0.4, 0.5) is 15.8 Å². The summed E-state index contributed by atoms with van der Waals surface area (Å²) in [7, 11) is 0. The second kappa shape index (κ2) is 8.58. The maximum absolute atomic E-state index is 13.2. The molecule has 0 N–H and O–H groups in total. The summed E-state index contributed by atoms with van der Waals surface area (Å²) >= 11 is 0. The van der Waals surface area contributed by atoms with Gasteiger partial charge in [0.2, 0.25) is 11.8 Å². The van der Waals surface area contributed by atoms with Gasteiger partial charge < -0.3 is 9.32 Å². The first kappa shape index (κ1) is 20.0. The van der Waals surface area contributed by atoms with Crippen molar-refractivity contribution in [3.8, 4) is 11.5 Å². The number of nitrogens with zero attached hydrogens (tertiary/aromatic N) is 5. The minimum Gasteiger partial charge on any atom is -0.419 e. The van der Waals surface area contributed by atoms with Crippen LogP contribution in [-0.4, -0.2) is 46.2 Å². The van der Waals surface area contributed by atoms with Crippen LogP contribution in [-0.2, 0) is 0 Å². The SMILES string of the molecule is CC(c1nnc(-c2ccc([N+](=O)[O-])cc2)o1)N1CCCN(c2ccc(F)cc2)CC1. The van der Waals surface area contributed by atoms with E-state index < -0.39 is 4.92 Å². The number of hydrogen-bond donors (Lipinski definition) is 0. The average Bonchev–Trinajstić information content (AvgIpc) is 3.12. The summed E-state index contributed by atoms with van der Waals surface area (Å²) in [6.45, 7) is 5.44. The van der Waals surface area contributed by atoms with Gasteiger partial charge >= 0.3 is 0 Å². The summed E-state index contributed by atoms with van der Waals surface area (Å²) in [4.78, 5) is 14.9. The lowest BCUT2D eigenvalue weighted by atomic mass is 10.2. The van der Waals surface area contributed by atoms with Gasteiger partial charge in [0.25, 0.3) is 5.69 Å². The number of non-ortho nitro benzene ring substituents is 1. The van der Waals surface area contributed by atoms with Crippen molar-refractivity contribution >= 4 is 11.4 Å². The van der Waals surface area contributed by atoms with Gasteiger partial charge in [-0.2, -0.15) is 0 Å². The van der Waals surface area contributed by atoms with E-state index in [1.54, 1.807) is 12.1 Å². The van der Waals surface area contributed by atoms with Crippen LogP contribution in [0.3, 0.4) is 0 Å². The molecule has 1 fully saturated rings. The van der Waals surface area contributed by atoms with Crippen LogP contribution in [0.5, 0.6) is 0 Å². The van der Waals surface area contributed by atoms with E-state index in [-0.39, 0.29) is 17.5 Å². The molecule has 0 bridgehead atoms. The van der Waals surface area contributed by atoms with Gasteiger partial charge in [-0.25, -0.2) is 4.39 Å². The zero-order valence-electron chi connectivity index (χ0n) is 16.6. The van der Waals surface area contributed by atoms with Crippen molar-refractivity contribution in [2.75, 3.05) is 31.1 Å². The third-order valence-electron chi connectivity index (χ3n) is 5.39. The van der Waals surface area contributed by atoms with Crippen molar-refractivity contribution < 1.29 is 13.7 Å². The zero-order chi connectivity index (χ0) is 21.1. The van der Waals surface area contributed by atoms with Crippen LogP contribution in [0.15, 0.2) is 52.9 Å². The number of halogens is 1. The molecule has 2 aromatic carbocycles. The molecule has 0 spiro atoms. The largest absolute Gasteiger partial charge is 0.419 e.